The van der Waals surface area contributed by atoms with Gasteiger partial charge in [0.25, 0.3) is 0 Å². The summed E-state index contributed by atoms with van der Waals surface area (Å²) in [7, 11) is 1.68. The number of imidazole rings is 1. The number of unbranched alkanes of at least 4 members (excludes halogenated alkanes) is 1. The second-order valence-electron chi connectivity index (χ2n) is 7.20. The maximum Gasteiger partial charge on any atom is 0.161 e. The van der Waals surface area contributed by atoms with Crippen molar-refractivity contribution < 1.29 is 9.47 Å². The molecule has 0 aliphatic carbocycles. The van der Waals surface area contributed by atoms with Crippen LogP contribution in [0.25, 0.3) is 17.1 Å². The van der Waals surface area contributed by atoms with Crippen molar-refractivity contribution in [3.8, 4) is 11.5 Å². The second-order valence-corrected chi connectivity index (χ2v) is 7.20. The first-order valence-electron chi connectivity index (χ1n) is 9.91. The van der Waals surface area contributed by atoms with Crippen LogP contribution in [-0.4, -0.2) is 23.3 Å². The molecule has 0 aliphatic rings. The lowest BCUT2D eigenvalue weighted by Gasteiger charge is -2.12. The van der Waals surface area contributed by atoms with Gasteiger partial charge in [0.15, 0.2) is 11.5 Å². The van der Waals surface area contributed by atoms with Crippen LogP contribution in [0.5, 0.6) is 11.5 Å². The van der Waals surface area contributed by atoms with Crippen LogP contribution >= 0.6 is 0 Å². The van der Waals surface area contributed by atoms with E-state index in [1.54, 1.807) is 7.11 Å². The zero-order chi connectivity index (χ0) is 20.1. The standard InChI is InChI=1S/C24H30N2O2/c1-6-9-20-10-11-23(24(16-20)27-5)28-13-8-7-12-26-19(4)25-21-14-17(2)18(3)15-22(21)26/h6,9-11,14-16H,7-8,12-13H2,1-5H3/b9-6+. The molecule has 3 aromatic rings. The van der Waals surface area contributed by atoms with E-state index in [0.29, 0.717) is 6.61 Å². The van der Waals surface area contributed by atoms with Crippen molar-refractivity contribution in [2.75, 3.05) is 13.7 Å². The summed E-state index contributed by atoms with van der Waals surface area (Å²) in [5.41, 5.74) is 6.02. The number of hydrogen-bond donors (Lipinski definition) is 0. The SMILES string of the molecule is C/C=C/c1ccc(OCCCCn2c(C)nc3cc(C)c(C)cc32)c(OC)c1. The van der Waals surface area contributed by atoms with Crippen molar-refractivity contribution in [3.63, 3.8) is 0 Å². The van der Waals surface area contributed by atoms with Crippen LogP contribution in [0.2, 0.25) is 0 Å². The van der Waals surface area contributed by atoms with Gasteiger partial charge in [-0.2, -0.15) is 0 Å². The summed E-state index contributed by atoms with van der Waals surface area (Å²) in [5, 5.41) is 0. The molecule has 0 saturated carbocycles. The Labute approximate surface area is 167 Å². The molecule has 3 rings (SSSR count). The molecule has 0 radical (unpaired) electrons. The molecule has 4 heteroatoms. The number of nitrogens with zero attached hydrogens (tertiary/aromatic N) is 2. The molecule has 0 unspecified atom stereocenters. The van der Waals surface area contributed by atoms with Crippen molar-refractivity contribution in [2.45, 2.75) is 47.1 Å². The number of allylic oxidation sites excluding steroid dienone is 1. The van der Waals surface area contributed by atoms with E-state index in [0.717, 1.165) is 47.8 Å². The van der Waals surface area contributed by atoms with E-state index >= 15 is 0 Å². The van der Waals surface area contributed by atoms with Crippen molar-refractivity contribution >= 4 is 17.1 Å². The lowest BCUT2D eigenvalue weighted by Crippen LogP contribution is -2.04. The minimum atomic E-state index is 0.670. The fourth-order valence-electron chi connectivity index (χ4n) is 3.44. The molecule has 0 spiro atoms. The molecule has 1 aromatic heterocycles. The highest BCUT2D eigenvalue weighted by Gasteiger charge is 2.09. The molecular formula is C24H30N2O2. The molecule has 0 bridgehead atoms. The monoisotopic (exact) mass is 378 g/mol. The van der Waals surface area contributed by atoms with E-state index in [4.69, 9.17) is 14.5 Å². The first-order valence-corrected chi connectivity index (χ1v) is 9.91. The molecule has 0 amide bonds. The smallest absolute Gasteiger partial charge is 0.161 e. The topological polar surface area (TPSA) is 36.3 Å². The first kappa shape index (κ1) is 20.0. The Balaban J connectivity index is 1.58. The maximum absolute atomic E-state index is 5.96. The Hall–Kier alpha value is -2.75. The largest absolute Gasteiger partial charge is 0.493 e. The van der Waals surface area contributed by atoms with Crippen LogP contribution in [0.4, 0.5) is 0 Å². The van der Waals surface area contributed by atoms with Crippen LogP contribution in [0, 0.1) is 20.8 Å². The zero-order valence-corrected chi connectivity index (χ0v) is 17.6. The first-order chi connectivity index (χ1) is 13.5. The maximum atomic E-state index is 5.96. The third-order valence-electron chi connectivity index (χ3n) is 5.13. The van der Waals surface area contributed by atoms with E-state index < -0.39 is 0 Å². The van der Waals surface area contributed by atoms with Gasteiger partial charge in [-0.3, -0.25) is 0 Å². The number of aromatic nitrogens is 2. The van der Waals surface area contributed by atoms with Crippen molar-refractivity contribution in [1.82, 2.24) is 9.55 Å². The average Bonchev–Trinajstić information content (AvgIpc) is 2.97. The summed E-state index contributed by atoms with van der Waals surface area (Å²) < 4.78 is 13.7. The second kappa shape index (κ2) is 8.96. The molecule has 4 nitrogen and oxygen atoms in total. The Morgan fingerprint density at radius 2 is 1.79 bits per heavy atom. The molecular weight excluding hydrogens is 348 g/mol. The lowest BCUT2D eigenvalue weighted by molar-refractivity contribution is 0.284. The van der Waals surface area contributed by atoms with Crippen LogP contribution in [0.1, 0.15) is 42.3 Å². The Morgan fingerprint density at radius 1 is 1.00 bits per heavy atom. The molecule has 0 saturated heterocycles. The normalized spacial score (nSPS) is 11.5. The average molecular weight is 379 g/mol. The minimum absolute atomic E-state index is 0.670. The van der Waals surface area contributed by atoms with E-state index in [-0.39, 0.29) is 0 Å². The van der Waals surface area contributed by atoms with Crippen molar-refractivity contribution in [3.05, 3.63) is 58.9 Å². The van der Waals surface area contributed by atoms with E-state index in [1.165, 1.54) is 16.6 Å². The Bertz CT molecular complexity index is 986. The van der Waals surface area contributed by atoms with Crippen LogP contribution in [-0.2, 0) is 6.54 Å². The highest BCUT2D eigenvalue weighted by atomic mass is 16.5. The summed E-state index contributed by atoms with van der Waals surface area (Å²) >= 11 is 0. The molecule has 0 fully saturated rings. The van der Waals surface area contributed by atoms with Gasteiger partial charge in [0.1, 0.15) is 5.82 Å². The summed E-state index contributed by atoms with van der Waals surface area (Å²) in [5.74, 6) is 2.64. The van der Waals surface area contributed by atoms with Crippen molar-refractivity contribution in [1.29, 1.82) is 0 Å². The summed E-state index contributed by atoms with van der Waals surface area (Å²) in [6.45, 7) is 10.0. The summed E-state index contributed by atoms with van der Waals surface area (Å²) in [4.78, 5) is 4.72. The predicted molar refractivity (Wildman–Crippen MR) is 116 cm³/mol. The third kappa shape index (κ3) is 4.38. The molecule has 0 atom stereocenters. The molecule has 0 N–H and O–H groups in total. The molecule has 148 valence electrons. The van der Waals surface area contributed by atoms with E-state index in [1.807, 2.05) is 37.3 Å². The van der Waals surface area contributed by atoms with Crippen LogP contribution in [0.3, 0.4) is 0 Å². The number of aryl methyl sites for hydroxylation is 4. The Kier molecular flexibility index (Phi) is 6.40. The van der Waals surface area contributed by atoms with E-state index in [2.05, 4.69) is 37.5 Å². The Morgan fingerprint density at radius 3 is 2.54 bits per heavy atom. The van der Waals surface area contributed by atoms with Crippen molar-refractivity contribution in [2.24, 2.45) is 0 Å². The number of fused-ring (bicyclic) bond motifs is 1. The number of methoxy groups -OCH3 is 1. The fraction of sp³-hybridized carbons (Fsp3) is 0.375. The van der Waals surface area contributed by atoms with Gasteiger partial charge < -0.3 is 14.0 Å². The van der Waals surface area contributed by atoms with Gasteiger partial charge in [-0.15, -0.1) is 0 Å². The quantitative estimate of drug-likeness (QED) is 0.460. The van der Waals surface area contributed by atoms with Gasteiger partial charge in [-0.1, -0.05) is 18.2 Å². The fourth-order valence-corrected chi connectivity index (χ4v) is 3.44. The number of rotatable bonds is 8. The predicted octanol–water partition coefficient (Wildman–Crippen LogP) is 5.86. The van der Waals surface area contributed by atoms with Gasteiger partial charge in [0.2, 0.25) is 0 Å². The molecule has 28 heavy (non-hydrogen) atoms. The van der Waals surface area contributed by atoms with Gasteiger partial charge in [-0.05, 0) is 81.5 Å². The molecule has 2 aromatic carbocycles. The number of benzene rings is 2. The highest BCUT2D eigenvalue weighted by molar-refractivity contribution is 5.78. The van der Waals surface area contributed by atoms with Crippen LogP contribution < -0.4 is 9.47 Å². The zero-order valence-electron chi connectivity index (χ0n) is 17.6. The number of ether oxygens (including phenoxy) is 2. The van der Waals surface area contributed by atoms with Gasteiger partial charge in [0, 0.05) is 6.54 Å². The highest BCUT2D eigenvalue weighted by Crippen LogP contribution is 2.29. The summed E-state index contributed by atoms with van der Waals surface area (Å²) in [6, 6.07) is 10.5. The molecule has 0 aliphatic heterocycles. The van der Waals surface area contributed by atoms with Gasteiger partial charge in [-0.25, -0.2) is 4.98 Å². The molecule has 1 heterocycles. The van der Waals surface area contributed by atoms with Gasteiger partial charge in [0.05, 0.1) is 24.8 Å². The lowest BCUT2D eigenvalue weighted by atomic mass is 10.1. The van der Waals surface area contributed by atoms with Gasteiger partial charge >= 0.3 is 0 Å². The van der Waals surface area contributed by atoms with Crippen LogP contribution in [0.15, 0.2) is 36.4 Å². The number of hydrogen-bond acceptors (Lipinski definition) is 3. The third-order valence-corrected chi connectivity index (χ3v) is 5.13. The summed E-state index contributed by atoms with van der Waals surface area (Å²) in [6.07, 6.45) is 6.08. The minimum Gasteiger partial charge on any atom is -0.493 e. The van der Waals surface area contributed by atoms with E-state index in [9.17, 15) is 0 Å².